The first-order valence-electron chi connectivity index (χ1n) is 8.78. The largest absolute Gasteiger partial charge is 0.484 e. The molecule has 2 aromatic rings. The second kappa shape index (κ2) is 8.31. The number of hydrogen-bond acceptors (Lipinski definition) is 4. The van der Waals surface area contributed by atoms with Gasteiger partial charge in [0.2, 0.25) is 0 Å². The second-order valence-electron chi connectivity index (χ2n) is 6.22. The fourth-order valence-corrected chi connectivity index (χ4v) is 2.95. The number of hydrogen-bond donors (Lipinski definition) is 1. The number of fused-ring (bicyclic) bond motifs is 1. The van der Waals surface area contributed by atoms with Crippen molar-refractivity contribution in [2.24, 2.45) is 0 Å². The molecule has 0 aliphatic carbocycles. The SMILES string of the molecule is CCCN1C(=O)C(C)Oc2cc(NC(=O)COc3ccc(Cl)cc3)ccc21. The average molecular weight is 389 g/mol. The molecule has 1 N–H and O–H groups in total. The van der Waals surface area contributed by atoms with Gasteiger partial charge in [0.05, 0.1) is 5.69 Å². The molecule has 6 nitrogen and oxygen atoms in total. The highest BCUT2D eigenvalue weighted by Crippen LogP contribution is 2.36. The number of anilines is 2. The van der Waals surface area contributed by atoms with Crippen LogP contribution in [0.2, 0.25) is 5.02 Å². The fourth-order valence-electron chi connectivity index (χ4n) is 2.82. The van der Waals surface area contributed by atoms with Crippen molar-refractivity contribution in [2.75, 3.05) is 23.4 Å². The van der Waals surface area contributed by atoms with E-state index in [-0.39, 0.29) is 18.4 Å². The summed E-state index contributed by atoms with van der Waals surface area (Å²) in [5.74, 6) is 0.783. The van der Waals surface area contributed by atoms with Gasteiger partial charge in [-0.25, -0.2) is 0 Å². The smallest absolute Gasteiger partial charge is 0.267 e. The van der Waals surface area contributed by atoms with Crippen molar-refractivity contribution in [3.05, 3.63) is 47.5 Å². The van der Waals surface area contributed by atoms with Gasteiger partial charge in [0, 0.05) is 23.3 Å². The quantitative estimate of drug-likeness (QED) is 0.815. The van der Waals surface area contributed by atoms with Crippen LogP contribution >= 0.6 is 11.6 Å². The van der Waals surface area contributed by atoms with Crippen LogP contribution in [-0.2, 0) is 9.59 Å². The van der Waals surface area contributed by atoms with E-state index in [0.29, 0.717) is 28.8 Å². The zero-order chi connectivity index (χ0) is 19.4. The molecule has 1 aliphatic rings. The van der Waals surface area contributed by atoms with Crippen molar-refractivity contribution in [1.29, 1.82) is 0 Å². The molecule has 2 amide bonds. The maximum absolute atomic E-state index is 12.3. The van der Waals surface area contributed by atoms with Gasteiger partial charge in [-0.1, -0.05) is 18.5 Å². The molecule has 0 saturated carbocycles. The molecule has 0 aromatic heterocycles. The summed E-state index contributed by atoms with van der Waals surface area (Å²) in [6.45, 7) is 4.23. The Morgan fingerprint density at radius 1 is 1.26 bits per heavy atom. The van der Waals surface area contributed by atoms with Crippen LogP contribution in [0.4, 0.5) is 11.4 Å². The molecular weight excluding hydrogens is 368 g/mol. The first kappa shape index (κ1) is 19.0. The molecule has 0 fully saturated rings. The molecule has 0 radical (unpaired) electrons. The number of amides is 2. The molecular formula is C20H21ClN2O4. The first-order chi connectivity index (χ1) is 13.0. The van der Waals surface area contributed by atoms with Crippen LogP contribution in [0.25, 0.3) is 0 Å². The lowest BCUT2D eigenvalue weighted by molar-refractivity contribution is -0.125. The van der Waals surface area contributed by atoms with Gasteiger partial charge in [-0.15, -0.1) is 0 Å². The molecule has 1 aliphatic heterocycles. The van der Waals surface area contributed by atoms with Gasteiger partial charge in [-0.3, -0.25) is 9.59 Å². The van der Waals surface area contributed by atoms with Gasteiger partial charge < -0.3 is 19.7 Å². The van der Waals surface area contributed by atoms with E-state index in [9.17, 15) is 9.59 Å². The maximum Gasteiger partial charge on any atom is 0.267 e. The molecule has 27 heavy (non-hydrogen) atoms. The Kier molecular flexibility index (Phi) is 5.86. The van der Waals surface area contributed by atoms with E-state index in [4.69, 9.17) is 21.1 Å². The lowest BCUT2D eigenvalue weighted by Gasteiger charge is -2.33. The summed E-state index contributed by atoms with van der Waals surface area (Å²) < 4.78 is 11.1. The van der Waals surface area contributed by atoms with Crippen molar-refractivity contribution in [3.8, 4) is 11.5 Å². The third-order valence-electron chi connectivity index (χ3n) is 4.08. The van der Waals surface area contributed by atoms with E-state index in [2.05, 4.69) is 5.32 Å². The lowest BCUT2D eigenvalue weighted by Crippen LogP contribution is -2.44. The maximum atomic E-state index is 12.3. The summed E-state index contributed by atoms with van der Waals surface area (Å²) in [5.41, 5.74) is 1.30. The van der Waals surface area contributed by atoms with E-state index in [1.54, 1.807) is 54.3 Å². The summed E-state index contributed by atoms with van der Waals surface area (Å²) in [6.07, 6.45) is 0.293. The number of nitrogens with one attached hydrogen (secondary N) is 1. The second-order valence-corrected chi connectivity index (χ2v) is 6.66. The summed E-state index contributed by atoms with van der Waals surface area (Å²) in [6, 6.07) is 12.0. The Hall–Kier alpha value is -2.73. The Balaban J connectivity index is 1.66. The molecule has 3 rings (SSSR count). The molecule has 0 spiro atoms. The van der Waals surface area contributed by atoms with Crippen LogP contribution < -0.4 is 19.7 Å². The first-order valence-corrected chi connectivity index (χ1v) is 9.16. The third kappa shape index (κ3) is 4.52. The minimum absolute atomic E-state index is 0.0579. The fraction of sp³-hybridized carbons (Fsp3) is 0.300. The Bertz CT molecular complexity index is 838. The molecule has 7 heteroatoms. The van der Waals surface area contributed by atoms with E-state index in [1.807, 2.05) is 6.92 Å². The molecule has 2 aromatic carbocycles. The predicted octanol–water partition coefficient (Wildman–Crippen LogP) is 3.88. The number of ether oxygens (including phenoxy) is 2. The standard InChI is InChI=1S/C20H21ClN2O4/c1-3-10-23-17-9-6-15(11-18(17)27-13(2)20(23)25)22-19(24)12-26-16-7-4-14(21)5-8-16/h4-9,11,13H,3,10,12H2,1-2H3,(H,22,24). The van der Waals surface area contributed by atoms with Gasteiger partial charge in [0.15, 0.2) is 12.7 Å². The zero-order valence-electron chi connectivity index (χ0n) is 15.2. The van der Waals surface area contributed by atoms with Crippen molar-refractivity contribution < 1.29 is 19.1 Å². The van der Waals surface area contributed by atoms with Gasteiger partial charge >= 0.3 is 0 Å². The van der Waals surface area contributed by atoms with Crippen molar-refractivity contribution >= 4 is 34.8 Å². The highest BCUT2D eigenvalue weighted by atomic mass is 35.5. The monoisotopic (exact) mass is 388 g/mol. The van der Waals surface area contributed by atoms with Crippen molar-refractivity contribution in [3.63, 3.8) is 0 Å². The van der Waals surface area contributed by atoms with Crippen molar-refractivity contribution in [1.82, 2.24) is 0 Å². The zero-order valence-corrected chi connectivity index (χ0v) is 16.0. The summed E-state index contributed by atoms with van der Waals surface area (Å²) in [5, 5.41) is 3.38. The van der Waals surface area contributed by atoms with Crippen LogP contribution in [-0.4, -0.2) is 31.1 Å². The number of carbonyl (C=O) groups is 2. The minimum Gasteiger partial charge on any atom is -0.484 e. The van der Waals surface area contributed by atoms with E-state index in [1.165, 1.54) is 0 Å². The van der Waals surface area contributed by atoms with E-state index < -0.39 is 6.10 Å². The third-order valence-corrected chi connectivity index (χ3v) is 4.33. The highest BCUT2D eigenvalue weighted by molar-refractivity contribution is 6.30. The number of nitrogens with zero attached hydrogens (tertiary/aromatic N) is 1. The Morgan fingerprint density at radius 2 is 2.00 bits per heavy atom. The topological polar surface area (TPSA) is 67.9 Å². The average Bonchev–Trinajstić information content (AvgIpc) is 2.65. The molecule has 0 bridgehead atoms. The normalized spacial score (nSPS) is 15.7. The van der Waals surface area contributed by atoms with Gasteiger partial charge in [0.1, 0.15) is 11.5 Å². The van der Waals surface area contributed by atoms with Crippen LogP contribution in [0.5, 0.6) is 11.5 Å². The van der Waals surface area contributed by atoms with E-state index >= 15 is 0 Å². The van der Waals surface area contributed by atoms with Gasteiger partial charge in [-0.05, 0) is 49.7 Å². The number of carbonyl (C=O) groups excluding carboxylic acids is 2. The van der Waals surface area contributed by atoms with Crippen LogP contribution in [0.3, 0.4) is 0 Å². The molecule has 142 valence electrons. The summed E-state index contributed by atoms with van der Waals surface area (Å²) in [7, 11) is 0. The number of rotatable bonds is 6. The molecule has 1 atom stereocenters. The van der Waals surface area contributed by atoms with Gasteiger partial charge in [0.25, 0.3) is 11.8 Å². The van der Waals surface area contributed by atoms with E-state index in [0.717, 1.165) is 12.1 Å². The summed E-state index contributed by atoms with van der Waals surface area (Å²) >= 11 is 5.82. The molecule has 1 heterocycles. The lowest BCUT2D eigenvalue weighted by atomic mass is 10.1. The van der Waals surface area contributed by atoms with Crippen molar-refractivity contribution in [2.45, 2.75) is 26.4 Å². The Morgan fingerprint density at radius 3 is 2.70 bits per heavy atom. The number of benzene rings is 2. The number of halogens is 1. The molecule has 1 unspecified atom stereocenters. The van der Waals surface area contributed by atoms with Gasteiger partial charge in [-0.2, -0.15) is 0 Å². The highest BCUT2D eigenvalue weighted by Gasteiger charge is 2.31. The predicted molar refractivity (Wildman–Crippen MR) is 105 cm³/mol. The summed E-state index contributed by atoms with van der Waals surface area (Å²) in [4.78, 5) is 26.1. The van der Waals surface area contributed by atoms with Crippen LogP contribution in [0.1, 0.15) is 20.3 Å². The Labute approximate surface area is 163 Å². The van der Waals surface area contributed by atoms with Crippen LogP contribution in [0.15, 0.2) is 42.5 Å². The molecule has 0 saturated heterocycles. The van der Waals surface area contributed by atoms with Crippen LogP contribution in [0, 0.1) is 0 Å². The minimum atomic E-state index is -0.553.